The number of rotatable bonds is 3. The fourth-order valence-electron chi connectivity index (χ4n) is 1.92. The molecule has 0 heterocycles. The molecule has 0 aliphatic heterocycles. The number of hydrogen-bond acceptors (Lipinski definition) is 3. The van der Waals surface area contributed by atoms with Crippen LogP contribution in [0.4, 0.5) is 0 Å². The lowest BCUT2D eigenvalue weighted by molar-refractivity contribution is -0.153. The smallest absolute Gasteiger partial charge is 0.306 e. The summed E-state index contributed by atoms with van der Waals surface area (Å²) in [5.41, 5.74) is 0. The average molecular weight is 216 g/mol. The lowest BCUT2D eigenvalue weighted by atomic mass is 9.75. The second-order valence-electron chi connectivity index (χ2n) is 3.81. The van der Waals surface area contributed by atoms with Crippen molar-refractivity contribution in [2.24, 2.45) is 17.8 Å². The molecule has 0 radical (unpaired) electrons. The summed E-state index contributed by atoms with van der Waals surface area (Å²) in [6, 6.07) is 0. The van der Waals surface area contributed by atoms with Crippen LogP contribution in [0.25, 0.3) is 0 Å². The van der Waals surface area contributed by atoms with Crippen LogP contribution in [0.15, 0.2) is 0 Å². The van der Waals surface area contributed by atoms with Crippen molar-refractivity contribution in [2.75, 3.05) is 0 Å². The van der Waals surface area contributed by atoms with Crippen molar-refractivity contribution in [3.05, 3.63) is 0 Å². The first-order chi connectivity index (χ1) is 6.91. The van der Waals surface area contributed by atoms with Crippen LogP contribution in [0.1, 0.15) is 19.3 Å². The van der Waals surface area contributed by atoms with Crippen LogP contribution >= 0.6 is 0 Å². The third-order valence-corrected chi connectivity index (χ3v) is 2.75. The van der Waals surface area contributed by atoms with E-state index in [2.05, 4.69) is 0 Å². The lowest BCUT2D eigenvalue weighted by Crippen LogP contribution is -2.34. The van der Waals surface area contributed by atoms with Gasteiger partial charge in [0.1, 0.15) is 0 Å². The molecule has 0 bridgehead atoms. The standard InChI is InChI=1S/C9H12O6/c10-7(11)4-1-5(8(12)13)3-6(2-4)9(14)15/h4-6H,1-3H2,(H,10,11)(H,12,13)(H,14,15)/t4-,5+,6-. The number of carboxylic acids is 3. The minimum atomic E-state index is -1.12. The Kier molecular flexibility index (Phi) is 3.28. The van der Waals surface area contributed by atoms with E-state index in [1.54, 1.807) is 0 Å². The van der Waals surface area contributed by atoms with Crippen LogP contribution in [0.2, 0.25) is 0 Å². The van der Waals surface area contributed by atoms with E-state index in [9.17, 15) is 14.4 Å². The van der Waals surface area contributed by atoms with Gasteiger partial charge in [-0.25, -0.2) is 0 Å². The van der Waals surface area contributed by atoms with Crippen LogP contribution < -0.4 is 0 Å². The molecule has 3 N–H and O–H groups in total. The van der Waals surface area contributed by atoms with Crippen LogP contribution in [-0.2, 0) is 14.4 Å². The Morgan fingerprint density at radius 1 is 0.667 bits per heavy atom. The molecule has 1 fully saturated rings. The van der Waals surface area contributed by atoms with Crippen molar-refractivity contribution >= 4 is 17.9 Å². The van der Waals surface area contributed by atoms with Gasteiger partial charge in [-0.3, -0.25) is 14.4 Å². The number of carbonyl (C=O) groups is 3. The van der Waals surface area contributed by atoms with E-state index < -0.39 is 35.7 Å². The van der Waals surface area contributed by atoms with Gasteiger partial charge in [-0.05, 0) is 19.3 Å². The normalized spacial score (nSPS) is 30.8. The third kappa shape index (κ3) is 2.68. The molecule has 84 valence electrons. The molecule has 6 nitrogen and oxygen atoms in total. The van der Waals surface area contributed by atoms with Gasteiger partial charge in [-0.15, -0.1) is 0 Å². The van der Waals surface area contributed by atoms with Gasteiger partial charge < -0.3 is 15.3 Å². The molecule has 1 aliphatic rings. The van der Waals surface area contributed by atoms with Crippen molar-refractivity contribution in [3.63, 3.8) is 0 Å². The second-order valence-corrected chi connectivity index (χ2v) is 3.81. The summed E-state index contributed by atoms with van der Waals surface area (Å²) < 4.78 is 0. The maximum Gasteiger partial charge on any atom is 0.306 e. The Balaban J connectivity index is 2.77. The first-order valence-electron chi connectivity index (χ1n) is 4.60. The molecule has 0 atom stereocenters. The molecule has 0 aromatic heterocycles. The highest BCUT2D eigenvalue weighted by Crippen LogP contribution is 2.33. The molecule has 0 spiro atoms. The van der Waals surface area contributed by atoms with Crippen molar-refractivity contribution in [2.45, 2.75) is 19.3 Å². The number of hydrogen-bond donors (Lipinski definition) is 3. The zero-order valence-electron chi connectivity index (χ0n) is 7.92. The molecule has 6 heteroatoms. The maximum atomic E-state index is 10.7. The third-order valence-electron chi connectivity index (χ3n) is 2.75. The fraction of sp³-hybridized carbons (Fsp3) is 0.667. The average Bonchev–Trinajstić information content (AvgIpc) is 2.16. The van der Waals surface area contributed by atoms with E-state index in [1.807, 2.05) is 0 Å². The van der Waals surface area contributed by atoms with Crippen LogP contribution in [0.5, 0.6) is 0 Å². The zero-order valence-corrected chi connectivity index (χ0v) is 7.92. The summed E-state index contributed by atoms with van der Waals surface area (Å²) in [4.78, 5) is 32.1. The summed E-state index contributed by atoms with van der Waals surface area (Å²) in [5.74, 6) is -5.94. The van der Waals surface area contributed by atoms with Crippen LogP contribution in [-0.4, -0.2) is 33.2 Å². The molecule has 0 saturated heterocycles. The van der Waals surface area contributed by atoms with E-state index in [0.29, 0.717) is 0 Å². The van der Waals surface area contributed by atoms with Crippen molar-refractivity contribution in [1.82, 2.24) is 0 Å². The molecule has 1 rings (SSSR count). The molecule has 1 saturated carbocycles. The monoisotopic (exact) mass is 216 g/mol. The van der Waals surface area contributed by atoms with Gasteiger partial charge in [0.15, 0.2) is 0 Å². The first-order valence-corrected chi connectivity index (χ1v) is 4.60. The molecule has 0 unspecified atom stereocenters. The molecule has 1 aliphatic carbocycles. The van der Waals surface area contributed by atoms with Crippen LogP contribution in [0.3, 0.4) is 0 Å². The summed E-state index contributed by atoms with van der Waals surface area (Å²) in [5, 5.41) is 26.3. The van der Waals surface area contributed by atoms with E-state index in [0.717, 1.165) is 0 Å². The van der Waals surface area contributed by atoms with Gasteiger partial charge in [0.2, 0.25) is 0 Å². The summed E-state index contributed by atoms with van der Waals surface area (Å²) in [7, 11) is 0. The summed E-state index contributed by atoms with van der Waals surface area (Å²) in [6.07, 6.45) is 0.0668. The predicted molar refractivity (Wildman–Crippen MR) is 47.2 cm³/mol. The fourth-order valence-corrected chi connectivity index (χ4v) is 1.92. The second kappa shape index (κ2) is 4.29. The molecular weight excluding hydrogens is 204 g/mol. The number of aliphatic carboxylic acids is 3. The summed E-state index contributed by atoms with van der Waals surface area (Å²) in [6.45, 7) is 0. The minimum absolute atomic E-state index is 0.0223. The van der Waals surface area contributed by atoms with Crippen molar-refractivity contribution < 1.29 is 29.7 Å². The Labute approximate surface area is 85.5 Å². The van der Waals surface area contributed by atoms with Crippen molar-refractivity contribution in [3.8, 4) is 0 Å². The first kappa shape index (κ1) is 11.5. The van der Waals surface area contributed by atoms with Crippen molar-refractivity contribution in [1.29, 1.82) is 0 Å². The Morgan fingerprint density at radius 3 is 1.00 bits per heavy atom. The van der Waals surface area contributed by atoms with Gasteiger partial charge in [0, 0.05) is 0 Å². The van der Waals surface area contributed by atoms with Gasteiger partial charge in [-0.1, -0.05) is 0 Å². The molecule has 0 aromatic carbocycles. The Bertz CT molecular complexity index is 243. The molecular formula is C9H12O6. The molecule has 0 aromatic rings. The topological polar surface area (TPSA) is 112 Å². The minimum Gasteiger partial charge on any atom is -0.481 e. The molecule has 0 amide bonds. The van der Waals surface area contributed by atoms with E-state index in [-0.39, 0.29) is 19.3 Å². The molecule has 15 heavy (non-hydrogen) atoms. The van der Waals surface area contributed by atoms with E-state index >= 15 is 0 Å². The van der Waals surface area contributed by atoms with Gasteiger partial charge >= 0.3 is 17.9 Å². The largest absolute Gasteiger partial charge is 0.481 e. The SMILES string of the molecule is O=C(O)[C@H]1C[C@@H](C(=O)O)C[C@@H](C(=O)O)C1. The highest BCUT2D eigenvalue weighted by atomic mass is 16.4. The highest BCUT2D eigenvalue weighted by molar-refractivity contribution is 5.78. The van der Waals surface area contributed by atoms with E-state index in [1.165, 1.54) is 0 Å². The van der Waals surface area contributed by atoms with Crippen LogP contribution in [0, 0.1) is 17.8 Å². The van der Waals surface area contributed by atoms with Gasteiger partial charge in [-0.2, -0.15) is 0 Å². The summed E-state index contributed by atoms with van der Waals surface area (Å²) >= 11 is 0. The maximum absolute atomic E-state index is 10.7. The quantitative estimate of drug-likeness (QED) is 0.624. The van der Waals surface area contributed by atoms with Gasteiger partial charge in [0.05, 0.1) is 17.8 Å². The number of carboxylic acid groups (broad SMARTS) is 3. The zero-order chi connectivity index (χ0) is 11.6. The van der Waals surface area contributed by atoms with E-state index in [4.69, 9.17) is 15.3 Å². The predicted octanol–water partition coefficient (Wildman–Crippen LogP) is 0.273. The highest BCUT2D eigenvalue weighted by Gasteiger charge is 2.38. The Hall–Kier alpha value is -1.59. The Morgan fingerprint density at radius 2 is 0.867 bits per heavy atom. The lowest BCUT2D eigenvalue weighted by Gasteiger charge is -2.28. The van der Waals surface area contributed by atoms with Gasteiger partial charge in [0.25, 0.3) is 0 Å².